The van der Waals surface area contributed by atoms with Gasteiger partial charge in [-0.1, -0.05) is 24.8 Å². The summed E-state index contributed by atoms with van der Waals surface area (Å²) in [5.41, 5.74) is 1.82. The van der Waals surface area contributed by atoms with Crippen LogP contribution in [0, 0.1) is 5.82 Å². The van der Waals surface area contributed by atoms with E-state index in [4.69, 9.17) is 17.0 Å². The molecular formula is C18H19FN2OS. The van der Waals surface area contributed by atoms with Crippen molar-refractivity contribution >= 4 is 23.0 Å². The molecule has 120 valence electrons. The minimum Gasteiger partial charge on any atom is -0.490 e. The Morgan fingerprint density at radius 3 is 2.48 bits per heavy atom. The third kappa shape index (κ3) is 5.38. The monoisotopic (exact) mass is 330 g/mol. The Hall–Kier alpha value is -2.40. The van der Waals surface area contributed by atoms with Gasteiger partial charge in [-0.05, 0) is 61.1 Å². The summed E-state index contributed by atoms with van der Waals surface area (Å²) in [6.45, 7) is 6.05. The molecule has 0 spiro atoms. The average Bonchev–Trinajstić information content (AvgIpc) is 2.54. The molecule has 0 heterocycles. The van der Waals surface area contributed by atoms with Crippen LogP contribution >= 0.6 is 12.2 Å². The van der Waals surface area contributed by atoms with E-state index in [2.05, 4.69) is 17.2 Å². The standard InChI is InChI=1S/C18H19FN2OS/c1-3-12-22-17-10-8-16(9-11-17)21-18(23)20-13(2)14-4-6-15(19)7-5-14/h3-11,13H,1,12H2,2H3,(H2,20,21,23)/t13-/m0/s1. The highest BCUT2D eigenvalue weighted by atomic mass is 32.1. The van der Waals surface area contributed by atoms with Crippen molar-refractivity contribution in [2.75, 3.05) is 11.9 Å². The summed E-state index contributed by atoms with van der Waals surface area (Å²) in [7, 11) is 0. The molecule has 2 aromatic rings. The fourth-order valence-corrected chi connectivity index (χ4v) is 2.28. The largest absolute Gasteiger partial charge is 0.490 e. The highest BCUT2D eigenvalue weighted by Crippen LogP contribution is 2.17. The minimum absolute atomic E-state index is 0.0224. The third-order valence-corrected chi connectivity index (χ3v) is 3.42. The van der Waals surface area contributed by atoms with E-state index >= 15 is 0 Å². The van der Waals surface area contributed by atoms with E-state index in [1.165, 1.54) is 12.1 Å². The lowest BCUT2D eigenvalue weighted by molar-refractivity contribution is 0.363. The number of hydrogen-bond donors (Lipinski definition) is 2. The molecular weight excluding hydrogens is 311 g/mol. The molecule has 0 aliphatic rings. The van der Waals surface area contributed by atoms with Gasteiger partial charge >= 0.3 is 0 Å². The Balaban J connectivity index is 1.88. The SMILES string of the molecule is C=CCOc1ccc(NC(=S)N[C@@H](C)c2ccc(F)cc2)cc1. The minimum atomic E-state index is -0.250. The predicted molar refractivity (Wildman–Crippen MR) is 96.3 cm³/mol. The summed E-state index contributed by atoms with van der Waals surface area (Å²) in [6.07, 6.45) is 1.70. The number of anilines is 1. The van der Waals surface area contributed by atoms with Gasteiger partial charge in [0, 0.05) is 5.69 Å². The molecule has 0 saturated carbocycles. The van der Waals surface area contributed by atoms with Crippen molar-refractivity contribution in [3.05, 3.63) is 72.6 Å². The van der Waals surface area contributed by atoms with E-state index in [9.17, 15) is 4.39 Å². The number of thiocarbonyl (C=S) groups is 1. The quantitative estimate of drug-likeness (QED) is 0.606. The number of ether oxygens (including phenoxy) is 1. The van der Waals surface area contributed by atoms with E-state index in [0.29, 0.717) is 11.7 Å². The Morgan fingerprint density at radius 2 is 1.87 bits per heavy atom. The van der Waals surface area contributed by atoms with Crippen molar-refractivity contribution < 1.29 is 9.13 Å². The van der Waals surface area contributed by atoms with Crippen molar-refractivity contribution in [2.45, 2.75) is 13.0 Å². The van der Waals surface area contributed by atoms with Crippen LogP contribution in [0.15, 0.2) is 61.2 Å². The van der Waals surface area contributed by atoms with Crippen molar-refractivity contribution in [1.82, 2.24) is 5.32 Å². The van der Waals surface area contributed by atoms with Crippen LogP contribution in [-0.4, -0.2) is 11.7 Å². The Bertz CT molecular complexity index is 656. The highest BCUT2D eigenvalue weighted by molar-refractivity contribution is 7.80. The summed E-state index contributed by atoms with van der Waals surface area (Å²) < 4.78 is 18.4. The average molecular weight is 330 g/mol. The molecule has 0 bridgehead atoms. The zero-order valence-corrected chi connectivity index (χ0v) is 13.7. The van der Waals surface area contributed by atoms with Gasteiger partial charge in [-0.15, -0.1) is 0 Å². The lowest BCUT2D eigenvalue weighted by atomic mass is 10.1. The fourth-order valence-electron chi connectivity index (χ4n) is 1.99. The lowest BCUT2D eigenvalue weighted by Gasteiger charge is -2.17. The Morgan fingerprint density at radius 1 is 1.22 bits per heavy atom. The van der Waals surface area contributed by atoms with Gasteiger partial charge in [-0.2, -0.15) is 0 Å². The zero-order valence-electron chi connectivity index (χ0n) is 12.9. The summed E-state index contributed by atoms with van der Waals surface area (Å²) in [5, 5.41) is 6.78. The van der Waals surface area contributed by atoms with Crippen molar-refractivity contribution in [3.63, 3.8) is 0 Å². The van der Waals surface area contributed by atoms with Crippen LogP contribution in [0.5, 0.6) is 5.75 Å². The van der Waals surface area contributed by atoms with Crippen LogP contribution in [0.4, 0.5) is 10.1 Å². The van der Waals surface area contributed by atoms with Gasteiger partial charge in [0.15, 0.2) is 5.11 Å². The normalized spacial score (nSPS) is 11.4. The van der Waals surface area contributed by atoms with Gasteiger partial charge in [-0.25, -0.2) is 4.39 Å². The molecule has 3 nitrogen and oxygen atoms in total. The maximum Gasteiger partial charge on any atom is 0.171 e. The smallest absolute Gasteiger partial charge is 0.171 e. The summed E-state index contributed by atoms with van der Waals surface area (Å²) in [6, 6.07) is 13.8. The predicted octanol–water partition coefficient (Wildman–Crippen LogP) is 4.44. The van der Waals surface area contributed by atoms with Crippen LogP contribution in [0.1, 0.15) is 18.5 Å². The highest BCUT2D eigenvalue weighted by Gasteiger charge is 2.07. The molecule has 2 aromatic carbocycles. The van der Waals surface area contributed by atoms with Crippen LogP contribution < -0.4 is 15.4 Å². The Labute approximate surface area is 141 Å². The first-order valence-corrected chi connectivity index (χ1v) is 7.66. The van der Waals surface area contributed by atoms with Crippen LogP contribution in [0.2, 0.25) is 0 Å². The van der Waals surface area contributed by atoms with Crippen LogP contribution in [0.25, 0.3) is 0 Å². The molecule has 0 aliphatic heterocycles. The fraction of sp³-hybridized carbons (Fsp3) is 0.167. The summed E-state index contributed by atoms with van der Waals surface area (Å²) >= 11 is 5.30. The van der Waals surface area contributed by atoms with Crippen LogP contribution in [0.3, 0.4) is 0 Å². The molecule has 5 heteroatoms. The summed E-state index contributed by atoms with van der Waals surface area (Å²) in [5.74, 6) is 0.523. The van der Waals surface area contributed by atoms with E-state index in [0.717, 1.165) is 17.0 Å². The molecule has 0 fully saturated rings. The number of rotatable bonds is 6. The molecule has 0 radical (unpaired) electrons. The molecule has 0 saturated heterocycles. The second kappa shape index (κ2) is 8.29. The molecule has 0 unspecified atom stereocenters. The maximum atomic E-state index is 12.9. The number of benzene rings is 2. The zero-order chi connectivity index (χ0) is 16.7. The topological polar surface area (TPSA) is 33.3 Å². The van der Waals surface area contributed by atoms with Gasteiger partial charge in [0.1, 0.15) is 18.2 Å². The molecule has 2 N–H and O–H groups in total. The first kappa shape index (κ1) is 17.0. The van der Waals surface area contributed by atoms with Crippen molar-refractivity contribution in [2.24, 2.45) is 0 Å². The summed E-state index contributed by atoms with van der Waals surface area (Å²) in [4.78, 5) is 0. The second-order valence-electron chi connectivity index (χ2n) is 5.00. The molecule has 0 amide bonds. The lowest BCUT2D eigenvalue weighted by Crippen LogP contribution is -2.30. The maximum absolute atomic E-state index is 12.9. The van der Waals surface area contributed by atoms with Gasteiger partial charge in [-0.3, -0.25) is 0 Å². The van der Waals surface area contributed by atoms with E-state index in [1.807, 2.05) is 31.2 Å². The van der Waals surface area contributed by atoms with E-state index in [1.54, 1.807) is 18.2 Å². The van der Waals surface area contributed by atoms with Crippen molar-refractivity contribution in [3.8, 4) is 5.75 Å². The van der Waals surface area contributed by atoms with Gasteiger partial charge in [0.2, 0.25) is 0 Å². The first-order chi connectivity index (χ1) is 11.1. The van der Waals surface area contributed by atoms with Gasteiger partial charge < -0.3 is 15.4 Å². The van der Waals surface area contributed by atoms with E-state index < -0.39 is 0 Å². The molecule has 0 aliphatic carbocycles. The van der Waals surface area contributed by atoms with Gasteiger partial charge in [0.05, 0.1) is 6.04 Å². The second-order valence-corrected chi connectivity index (χ2v) is 5.40. The molecule has 23 heavy (non-hydrogen) atoms. The van der Waals surface area contributed by atoms with Gasteiger partial charge in [0.25, 0.3) is 0 Å². The molecule has 1 atom stereocenters. The molecule has 0 aromatic heterocycles. The first-order valence-electron chi connectivity index (χ1n) is 7.25. The van der Waals surface area contributed by atoms with Crippen LogP contribution in [-0.2, 0) is 0 Å². The number of nitrogens with one attached hydrogen (secondary N) is 2. The third-order valence-electron chi connectivity index (χ3n) is 3.20. The van der Waals surface area contributed by atoms with Crippen molar-refractivity contribution in [1.29, 1.82) is 0 Å². The van der Waals surface area contributed by atoms with E-state index in [-0.39, 0.29) is 11.9 Å². The molecule has 2 rings (SSSR count). The number of hydrogen-bond acceptors (Lipinski definition) is 2. The number of halogens is 1. The Kier molecular flexibility index (Phi) is 6.11.